The van der Waals surface area contributed by atoms with Gasteiger partial charge in [-0.05, 0) is 26.2 Å². The van der Waals surface area contributed by atoms with Crippen molar-refractivity contribution in [1.82, 2.24) is 10.3 Å². The zero-order valence-corrected chi connectivity index (χ0v) is 14.1. The normalized spacial score (nSPS) is 13.4. The van der Waals surface area contributed by atoms with Gasteiger partial charge in [0, 0.05) is 0 Å². The Labute approximate surface area is 130 Å². The Hall–Kier alpha value is -2.05. The van der Waals surface area contributed by atoms with Crippen LogP contribution in [0.3, 0.4) is 0 Å². The van der Waals surface area contributed by atoms with Crippen molar-refractivity contribution in [3.63, 3.8) is 0 Å². The van der Waals surface area contributed by atoms with Crippen molar-refractivity contribution in [3.8, 4) is 0 Å². The number of alkyl carbamates (subject to hydrolysis) is 1. The molecular formula is C15H24N2O5. The fourth-order valence-electron chi connectivity index (χ4n) is 1.69. The van der Waals surface area contributed by atoms with Crippen LogP contribution in [0, 0.1) is 5.41 Å². The lowest BCUT2D eigenvalue weighted by molar-refractivity contribution is 0.0446. The number of oxazole rings is 1. The van der Waals surface area contributed by atoms with Crippen LogP contribution in [0.2, 0.25) is 0 Å². The Morgan fingerprint density at radius 2 is 1.82 bits per heavy atom. The third-order valence-corrected chi connectivity index (χ3v) is 2.69. The van der Waals surface area contributed by atoms with E-state index in [2.05, 4.69) is 15.0 Å². The van der Waals surface area contributed by atoms with Gasteiger partial charge in [0.1, 0.15) is 17.9 Å². The molecule has 0 spiro atoms. The number of amides is 1. The summed E-state index contributed by atoms with van der Waals surface area (Å²) in [4.78, 5) is 27.5. The van der Waals surface area contributed by atoms with E-state index in [1.807, 2.05) is 20.8 Å². The predicted octanol–water partition coefficient (Wildman–Crippen LogP) is 3.07. The lowest BCUT2D eigenvalue weighted by Crippen LogP contribution is -2.40. The first kappa shape index (κ1) is 18.0. The van der Waals surface area contributed by atoms with Crippen LogP contribution in [0.25, 0.3) is 0 Å². The van der Waals surface area contributed by atoms with Gasteiger partial charge < -0.3 is 19.2 Å². The van der Waals surface area contributed by atoms with Gasteiger partial charge in [-0.15, -0.1) is 0 Å². The SMILES string of the molecule is COC(=O)c1coc([C@@H](NC(=O)OC(C)(C)C)C(C)(C)C)n1. The summed E-state index contributed by atoms with van der Waals surface area (Å²) in [6, 6.07) is -0.555. The Kier molecular flexibility index (Phi) is 5.22. The molecule has 1 atom stereocenters. The van der Waals surface area contributed by atoms with Crippen LogP contribution < -0.4 is 5.32 Å². The van der Waals surface area contributed by atoms with Crippen molar-refractivity contribution in [2.24, 2.45) is 5.41 Å². The van der Waals surface area contributed by atoms with Crippen LogP contribution in [-0.2, 0) is 9.47 Å². The molecule has 7 nitrogen and oxygen atoms in total. The lowest BCUT2D eigenvalue weighted by Gasteiger charge is -2.30. The number of hydrogen-bond donors (Lipinski definition) is 1. The van der Waals surface area contributed by atoms with Gasteiger partial charge in [-0.3, -0.25) is 0 Å². The van der Waals surface area contributed by atoms with E-state index in [0.717, 1.165) is 0 Å². The molecule has 1 heterocycles. The van der Waals surface area contributed by atoms with E-state index in [9.17, 15) is 9.59 Å². The Morgan fingerprint density at radius 3 is 2.27 bits per heavy atom. The lowest BCUT2D eigenvalue weighted by atomic mass is 9.86. The van der Waals surface area contributed by atoms with Crippen molar-refractivity contribution in [1.29, 1.82) is 0 Å². The Morgan fingerprint density at radius 1 is 1.23 bits per heavy atom. The molecule has 22 heavy (non-hydrogen) atoms. The molecule has 0 saturated heterocycles. The number of carbonyl (C=O) groups excluding carboxylic acids is 2. The molecule has 0 unspecified atom stereocenters. The number of aromatic nitrogens is 1. The molecule has 0 aliphatic heterocycles. The van der Waals surface area contributed by atoms with E-state index < -0.39 is 29.1 Å². The second-order valence-electron chi connectivity index (χ2n) is 7.01. The zero-order valence-electron chi connectivity index (χ0n) is 14.1. The molecule has 0 aliphatic carbocycles. The van der Waals surface area contributed by atoms with Crippen LogP contribution in [0.1, 0.15) is 64.0 Å². The van der Waals surface area contributed by atoms with Gasteiger partial charge in [0.05, 0.1) is 7.11 Å². The quantitative estimate of drug-likeness (QED) is 0.862. The van der Waals surface area contributed by atoms with Crippen LogP contribution in [-0.4, -0.2) is 29.8 Å². The molecule has 124 valence electrons. The molecular weight excluding hydrogens is 288 g/mol. The number of carbonyl (C=O) groups is 2. The third-order valence-electron chi connectivity index (χ3n) is 2.69. The maximum atomic E-state index is 12.0. The highest BCUT2D eigenvalue weighted by Crippen LogP contribution is 2.32. The number of rotatable bonds is 3. The first-order chi connectivity index (χ1) is 9.94. The molecule has 1 aromatic heterocycles. The molecule has 0 aromatic carbocycles. The topological polar surface area (TPSA) is 90.7 Å². The average Bonchev–Trinajstić information content (AvgIpc) is 2.80. The highest BCUT2D eigenvalue weighted by molar-refractivity contribution is 5.86. The molecule has 0 aliphatic rings. The minimum Gasteiger partial charge on any atom is -0.464 e. The van der Waals surface area contributed by atoms with E-state index in [-0.39, 0.29) is 11.6 Å². The van der Waals surface area contributed by atoms with Gasteiger partial charge in [-0.1, -0.05) is 20.8 Å². The molecule has 0 bridgehead atoms. The van der Waals surface area contributed by atoms with Crippen molar-refractivity contribution in [2.45, 2.75) is 53.2 Å². The summed E-state index contributed by atoms with van der Waals surface area (Å²) >= 11 is 0. The highest BCUT2D eigenvalue weighted by Gasteiger charge is 2.34. The second kappa shape index (κ2) is 6.37. The van der Waals surface area contributed by atoms with Crippen molar-refractivity contribution >= 4 is 12.1 Å². The fourth-order valence-corrected chi connectivity index (χ4v) is 1.69. The molecule has 0 radical (unpaired) electrons. The van der Waals surface area contributed by atoms with Gasteiger partial charge in [-0.2, -0.15) is 0 Å². The van der Waals surface area contributed by atoms with Gasteiger partial charge in [0.25, 0.3) is 0 Å². The Bertz CT molecular complexity index is 537. The first-order valence-electron chi connectivity index (χ1n) is 6.97. The van der Waals surface area contributed by atoms with Crippen LogP contribution in [0.15, 0.2) is 10.7 Å². The molecule has 1 aromatic rings. The molecule has 1 rings (SSSR count). The monoisotopic (exact) mass is 312 g/mol. The Balaban J connectivity index is 2.97. The van der Waals surface area contributed by atoms with Crippen LogP contribution >= 0.6 is 0 Å². The van der Waals surface area contributed by atoms with Crippen LogP contribution in [0.4, 0.5) is 4.79 Å². The van der Waals surface area contributed by atoms with Gasteiger partial charge in [-0.25, -0.2) is 14.6 Å². The van der Waals surface area contributed by atoms with Crippen molar-refractivity contribution in [3.05, 3.63) is 17.8 Å². The molecule has 0 saturated carbocycles. The molecule has 0 fully saturated rings. The predicted molar refractivity (Wildman–Crippen MR) is 79.4 cm³/mol. The summed E-state index contributed by atoms with van der Waals surface area (Å²) in [6.45, 7) is 11.1. The van der Waals surface area contributed by atoms with E-state index in [0.29, 0.717) is 0 Å². The third kappa shape index (κ3) is 5.05. The number of methoxy groups -OCH3 is 1. The average molecular weight is 312 g/mol. The summed E-state index contributed by atoms with van der Waals surface area (Å²) < 4.78 is 15.2. The first-order valence-corrected chi connectivity index (χ1v) is 6.97. The molecule has 1 N–H and O–H groups in total. The van der Waals surface area contributed by atoms with Gasteiger partial charge in [0.2, 0.25) is 5.89 Å². The minimum absolute atomic E-state index is 0.0535. The van der Waals surface area contributed by atoms with Crippen molar-refractivity contribution < 1.29 is 23.5 Å². The smallest absolute Gasteiger partial charge is 0.408 e. The second-order valence-corrected chi connectivity index (χ2v) is 7.01. The summed E-state index contributed by atoms with van der Waals surface area (Å²) in [7, 11) is 1.26. The largest absolute Gasteiger partial charge is 0.464 e. The summed E-state index contributed by atoms with van der Waals surface area (Å²) in [5, 5.41) is 2.73. The highest BCUT2D eigenvalue weighted by atomic mass is 16.6. The molecule has 1 amide bonds. The number of esters is 1. The van der Waals surface area contributed by atoms with Gasteiger partial charge in [0.15, 0.2) is 5.69 Å². The summed E-state index contributed by atoms with van der Waals surface area (Å²) in [5.41, 5.74) is -0.951. The summed E-state index contributed by atoms with van der Waals surface area (Å²) in [6.07, 6.45) is 0.627. The fraction of sp³-hybridized carbons (Fsp3) is 0.667. The standard InChI is InChI=1S/C15H24N2O5/c1-14(2,3)10(17-13(19)22-15(4,5)6)11-16-9(8-21-11)12(18)20-7/h8,10H,1-7H3,(H,17,19)/t10-/m1/s1. The zero-order chi connectivity index (χ0) is 17.1. The number of nitrogens with one attached hydrogen (secondary N) is 1. The summed E-state index contributed by atoms with van der Waals surface area (Å²) in [5.74, 6) is -0.376. The van der Waals surface area contributed by atoms with Gasteiger partial charge >= 0.3 is 12.1 Å². The van der Waals surface area contributed by atoms with Crippen molar-refractivity contribution in [2.75, 3.05) is 7.11 Å². The van der Waals surface area contributed by atoms with E-state index in [4.69, 9.17) is 9.15 Å². The minimum atomic E-state index is -0.611. The van der Waals surface area contributed by atoms with E-state index in [1.165, 1.54) is 13.4 Å². The van der Waals surface area contributed by atoms with E-state index in [1.54, 1.807) is 20.8 Å². The van der Waals surface area contributed by atoms with Crippen LogP contribution in [0.5, 0.6) is 0 Å². The molecule has 7 heteroatoms. The maximum absolute atomic E-state index is 12.0. The maximum Gasteiger partial charge on any atom is 0.408 e. The number of ether oxygens (including phenoxy) is 2. The van der Waals surface area contributed by atoms with E-state index >= 15 is 0 Å². The number of nitrogens with zero attached hydrogens (tertiary/aromatic N) is 1. The number of hydrogen-bond acceptors (Lipinski definition) is 6.